The van der Waals surface area contributed by atoms with Gasteiger partial charge in [-0.1, -0.05) is 18.5 Å². The first kappa shape index (κ1) is 16.1. The molecule has 4 nitrogen and oxygen atoms in total. The fourth-order valence-electron chi connectivity index (χ4n) is 2.29. The zero-order chi connectivity index (χ0) is 14.9. The Kier molecular flexibility index (Phi) is 5.00. The molecule has 0 saturated carbocycles. The molecule has 0 aliphatic carbocycles. The van der Waals surface area contributed by atoms with Gasteiger partial charge in [0.15, 0.2) is 0 Å². The van der Waals surface area contributed by atoms with Crippen LogP contribution < -0.4 is 4.72 Å². The number of nitrogens with zero attached hydrogens (tertiary/aromatic N) is 1. The molecule has 1 atom stereocenters. The zero-order valence-corrected chi connectivity index (χ0v) is 14.6. The molecule has 1 aliphatic rings. The van der Waals surface area contributed by atoms with Crippen molar-refractivity contribution in [3.63, 3.8) is 0 Å². The highest BCUT2D eigenvalue weighted by Gasteiger charge is 2.27. The standard InChI is InChI=1S/C13H18BrClN2O2S/c1-9-4-3-5-17(8-9)20(18,19)16-13-7-12(15)10(2)6-11(13)14/h6-7,9,16H,3-5,8H2,1-2H3. The van der Waals surface area contributed by atoms with Crippen LogP contribution in [0.4, 0.5) is 5.69 Å². The maximum Gasteiger partial charge on any atom is 0.301 e. The number of halogens is 2. The number of aryl methyl sites for hydroxylation is 1. The van der Waals surface area contributed by atoms with Crippen molar-refractivity contribution >= 4 is 43.4 Å². The van der Waals surface area contributed by atoms with Crippen LogP contribution in [-0.4, -0.2) is 25.8 Å². The number of hydrogen-bond donors (Lipinski definition) is 1. The molecule has 1 aromatic carbocycles. The van der Waals surface area contributed by atoms with Crippen molar-refractivity contribution < 1.29 is 8.42 Å². The van der Waals surface area contributed by atoms with E-state index >= 15 is 0 Å². The van der Waals surface area contributed by atoms with Gasteiger partial charge in [0.25, 0.3) is 0 Å². The van der Waals surface area contributed by atoms with E-state index < -0.39 is 10.2 Å². The van der Waals surface area contributed by atoms with Gasteiger partial charge in [0.05, 0.1) is 5.69 Å². The number of rotatable bonds is 3. The van der Waals surface area contributed by atoms with Gasteiger partial charge in [0.2, 0.25) is 0 Å². The predicted octanol–water partition coefficient (Wildman–Crippen LogP) is 3.80. The minimum atomic E-state index is -3.53. The Morgan fingerprint density at radius 3 is 2.80 bits per heavy atom. The summed E-state index contributed by atoms with van der Waals surface area (Å²) in [7, 11) is -3.53. The SMILES string of the molecule is Cc1cc(Br)c(NS(=O)(=O)N2CCCC(C)C2)cc1Cl. The number of anilines is 1. The second-order valence-corrected chi connectivity index (χ2v) is 8.23. The van der Waals surface area contributed by atoms with Gasteiger partial charge in [-0.05, 0) is 59.3 Å². The number of piperidine rings is 1. The van der Waals surface area contributed by atoms with Crippen LogP contribution in [0.25, 0.3) is 0 Å². The summed E-state index contributed by atoms with van der Waals surface area (Å²) >= 11 is 9.42. The van der Waals surface area contributed by atoms with E-state index in [1.165, 1.54) is 4.31 Å². The summed E-state index contributed by atoms with van der Waals surface area (Å²) < 4.78 is 29.6. The van der Waals surface area contributed by atoms with Gasteiger partial charge in [-0.2, -0.15) is 12.7 Å². The molecule has 112 valence electrons. The van der Waals surface area contributed by atoms with E-state index in [-0.39, 0.29) is 0 Å². The molecule has 0 amide bonds. The van der Waals surface area contributed by atoms with Crippen LogP contribution in [0.1, 0.15) is 25.3 Å². The zero-order valence-electron chi connectivity index (χ0n) is 11.5. The maximum absolute atomic E-state index is 12.4. The van der Waals surface area contributed by atoms with Gasteiger partial charge < -0.3 is 0 Å². The fourth-order valence-corrected chi connectivity index (χ4v) is 4.54. The number of nitrogens with one attached hydrogen (secondary N) is 1. The summed E-state index contributed by atoms with van der Waals surface area (Å²) in [6.45, 7) is 5.07. The van der Waals surface area contributed by atoms with E-state index in [0.717, 1.165) is 18.4 Å². The summed E-state index contributed by atoms with van der Waals surface area (Å²) in [6.07, 6.45) is 1.98. The Hall–Kier alpha value is -0.300. The molecule has 1 fully saturated rings. The summed E-state index contributed by atoms with van der Waals surface area (Å²) in [5.74, 6) is 0.394. The Bertz CT molecular complexity index is 607. The first-order chi connectivity index (χ1) is 9.29. The highest BCUT2D eigenvalue weighted by atomic mass is 79.9. The first-order valence-electron chi connectivity index (χ1n) is 6.53. The molecule has 0 radical (unpaired) electrons. The maximum atomic E-state index is 12.4. The van der Waals surface area contributed by atoms with Crippen LogP contribution in [0, 0.1) is 12.8 Å². The largest absolute Gasteiger partial charge is 0.301 e. The van der Waals surface area contributed by atoms with Crippen molar-refractivity contribution in [2.24, 2.45) is 5.92 Å². The highest BCUT2D eigenvalue weighted by Crippen LogP contribution is 2.30. The number of hydrogen-bond acceptors (Lipinski definition) is 2. The van der Waals surface area contributed by atoms with E-state index in [1.807, 2.05) is 6.92 Å². The Balaban J connectivity index is 2.22. The first-order valence-corrected chi connectivity index (χ1v) is 9.14. The molecule has 0 bridgehead atoms. The molecule has 1 aliphatic heterocycles. The summed E-state index contributed by atoms with van der Waals surface area (Å²) in [4.78, 5) is 0. The molecule has 20 heavy (non-hydrogen) atoms. The third-order valence-electron chi connectivity index (χ3n) is 3.45. The van der Waals surface area contributed by atoms with Crippen LogP contribution in [0.5, 0.6) is 0 Å². The molecule has 2 rings (SSSR count). The minimum Gasteiger partial charge on any atom is -0.270 e. The van der Waals surface area contributed by atoms with E-state index in [2.05, 4.69) is 27.6 Å². The van der Waals surface area contributed by atoms with Crippen molar-refractivity contribution in [3.05, 3.63) is 27.2 Å². The second-order valence-electron chi connectivity index (χ2n) is 5.29. The van der Waals surface area contributed by atoms with Gasteiger partial charge in [-0.3, -0.25) is 4.72 Å². The molecule has 1 heterocycles. The van der Waals surface area contributed by atoms with Gasteiger partial charge in [0.1, 0.15) is 0 Å². The third kappa shape index (κ3) is 3.67. The Morgan fingerprint density at radius 2 is 2.15 bits per heavy atom. The van der Waals surface area contributed by atoms with Crippen molar-refractivity contribution in [2.75, 3.05) is 17.8 Å². The van der Waals surface area contributed by atoms with E-state index in [1.54, 1.807) is 12.1 Å². The summed E-state index contributed by atoms with van der Waals surface area (Å²) in [5.41, 5.74) is 1.37. The number of benzene rings is 1. The van der Waals surface area contributed by atoms with Crippen molar-refractivity contribution in [1.82, 2.24) is 4.31 Å². The van der Waals surface area contributed by atoms with Crippen molar-refractivity contribution in [3.8, 4) is 0 Å². The van der Waals surface area contributed by atoms with Crippen LogP contribution in [0.2, 0.25) is 5.02 Å². The molecule has 0 aromatic heterocycles. The van der Waals surface area contributed by atoms with Crippen molar-refractivity contribution in [2.45, 2.75) is 26.7 Å². The van der Waals surface area contributed by atoms with Crippen LogP contribution in [-0.2, 0) is 10.2 Å². The monoisotopic (exact) mass is 380 g/mol. The lowest BCUT2D eigenvalue weighted by Crippen LogP contribution is -2.42. The minimum absolute atomic E-state index is 0.394. The van der Waals surface area contributed by atoms with Gasteiger partial charge in [0, 0.05) is 22.6 Å². The Morgan fingerprint density at radius 1 is 1.45 bits per heavy atom. The third-order valence-corrected chi connectivity index (χ3v) is 6.00. The highest BCUT2D eigenvalue weighted by molar-refractivity contribution is 9.10. The summed E-state index contributed by atoms with van der Waals surface area (Å²) in [5, 5.41) is 0.540. The average molecular weight is 382 g/mol. The van der Waals surface area contributed by atoms with Gasteiger partial charge in [-0.15, -0.1) is 0 Å². The smallest absolute Gasteiger partial charge is 0.270 e. The van der Waals surface area contributed by atoms with Crippen LogP contribution in [0.15, 0.2) is 16.6 Å². The normalized spacial score (nSPS) is 20.9. The second kappa shape index (κ2) is 6.22. The molecular formula is C13H18BrClN2O2S. The van der Waals surface area contributed by atoms with Gasteiger partial charge in [-0.25, -0.2) is 0 Å². The lowest BCUT2D eigenvalue weighted by molar-refractivity contribution is 0.282. The molecule has 0 spiro atoms. The quantitative estimate of drug-likeness (QED) is 0.865. The van der Waals surface area contributed by atoms with Crippen LogP contribution in [0.3, 0.4) is 0 Å². The molecule has 1 N–H and O–H groups in total. The average Bonchev–Trinajstić information content (AvgIpc) is 2.36. The lowest BCUT2D eigenvalue weighted by Gasteiger charge is -2.30. The molecule has 1 aromatic rings. The van der Waals surface area contributed by atoms with E-state index in [4.69, 9.17) is 11.6 Å². The molecular weight excluding hydrogens is 364 g/mol. The van der Waals surface area contributed by atoms with Crippen LogP contribution >= 0.6 is 27.5 Å². The topological polar surface area (TPSA) is 49.4 Å². The lowest BCUT2D eigenvalue weighted by atomic mass is 10.0. The summed E-state index contributed by atoms with van der Waals surface area (Å²) in [6, 6.07) is 3.44. The predicted molar refractivity (Wildman–Crippen MR) is 86.4 cm³/mol. The van der Waals surface area contributed by atoms with E-state index in [9.17, 15) is 8.42 Å². The fraction of sp³-hybridized carbons (Fsp3) is 0.538. The Labute approximate surface area is 133 Å². The molecule has 7 heteroatoms. The molecule has 1 unspecified atom stereocenters. The van der Waals surface area contributed by atoms with Crippen molar-refractivity contribution in [1.29, 1.82) is 0 Å². The van der Waals surface area contributed by atoms with E-state index in [0.29, 0.717) is 34.2 Å². The van der Waals surface area contributed by atoms with Gasteiger partial charge >= 0.3 is 10.2 Å². The molecule has 1 saturated heterocycles.